The molecule has 0 saturated heterocycles. The molecule has 0 aliphatic carbocycles. The summed E-state index contributed by atoms with van der Waals surface area (Å²) in [4.78, 5) is 11.0. The Bertz CT molecular complexity index is 624. The van der Waals surface area contributed by atoms with E-state index in [-0.39, 0.29) is 12.2 Å². The van der Waals surface area contributed by atoms with Crippen LogP contribution in [0.15, 0.2) is 18.2 Å². The monoisotopic (exact) mass is 290 g/mol. The quantitative estimate of drug-likeness (QED) is 0.839. The van der Waals surface area contributed by atoms with Gasteiger partial charge in [-0.2, -0.15) is 0 Å². The zero-order valence-electron chi connectivity index (χ0n) is 12.1. The lowest BCUT2D eigenvalue weighted by Gasteiger charge is -2.08. The molecule has 21 heavy (non-hydrogen) atoms. The molecule has 2 aromatic rings. The van der Waals surface area contributed by atoms with Gasteiger partial charge in [0.25, 0.3) is 0 Å². The molecule has 1 aromatic carbocycles. The third-order valence-corrected chi connectivity index (χ3v) is 3.13. The predicted octanol–water partition coefficient (Wildman–Crippen LogP) is 2.06. The zero-order chi connectivity index (χ0) is 15.2. The third-order valence-electron chi connectivity index (χ3n) is 3.13. The Morgan fingerprint density at radius 2 is 2.24 bits per heavy atom. The predicted molar refractivity (Wildman–Crippen MR) is 75.2 cm³/mol. The minimum atomic E-state index is -0.942. The smallest absolute Gasteiger partial charge is 0.335 e. The number of carboxylic acids is 1. The summed E-state index contributed by atoms with van der Waals surface area (Å²) >= 11 is 0. The van der Waals surface area contributed by atoms with E-state index in [0.717, 1.165) is 19.4 Å². The van der Waals surface area contributed by atoms with Crippen LogP contribution in [0.4, 0.5) is 0 Å². The largest absolute Gasteiger partial charge is 0.486 e. The number of hydrogen-bond acceptors (Lipinski definition) is 5. The molecular weight excluding hydrogens is 272 g/mol. The lowest BCUT2D eigenvalue weighted by Crippen LogP contribution is -2.09. The Hall–Kier alpha value is -2.44. The van der Waals surface area contributed by atoms with E-state index >= 15 is 0 Å². The average Bonchev–Trinajstić information content (AvgIpc) is 2.90. The van der Waals surface area contributed by atoms with Crippen molar-refractivity contribution in [2.45, 2.75) is 39.8 Å². The van der Waals surface area contributed by atoms with Crippen molar-refractivity contribution in [2.24, 2.45) is 0 Å². The summed E-state index contributed by atoms with van der Waals surface area (Å²) in [6.45, 7) is 4.86. The molecule has 0 bridgehead atoms. The summed E-state index contributed by atoms with van der Waals surface area (Å²) in [5, 5.41) is 20.5. The van der Waals surface area contributed by atoms with E-state index < -0.39 is 5.97 Å². The first-order valence-electron chi connectivity index (χ1n) is 6.83. The molecule has 0 spiro atoms. The molecule has 7 nitrogen and oxygen atoms in total. The first-order valence-corrected chi connectivity index (χ1v) is 6.83. The van der Waals surface area contributed by atoms with E-state index in [1.54, 1.807) is 23.7 Å². The number of carboxylic acid groups (broad SMARTS) is 1. The molecule has 7 heteroatoms. The second kappa shape index (κ2) is 6.83. The SMILES string of the molecule is CCCCn1nnnc1COc1ccc(C(=O)O)c(C)c1. The van der Waals surface area contributed by atoms with E-state index in [9.17, 15) is 4.79 Å². The highest BCUT2D eigenvalue weighted by atomic mass is 16.5. The van der Waals surface area contributed by atoms with Crippen molar-refractivity contribution >= 4 is 5.97 Å². The molecule has 2 rings (SSSR count). The van der Waals surface area contributed by atoms with E-state index in [0.29, 0.717) is 17.1 Å². The van der Waals surface area contributed by atoms with E-state index in [1.165, 1.54) is 6.07 Å². The maximum Gasteiger partial charge on any atom is 0.335 e. The van der Waals surface area contributed by atoms with Crippen LogP contribution < -0.4 is 4.74 Å². The topological polar surface area (TPSA) is 90.1 Å². The maximum atomic E-state index is 11.0. The van der Waals surface area contributed by atoms with Gasteiger partial charge in [0.1, 0.15) is 12.4 Å². The van der Waals surface area contributed by atoms with Crippen LogP contribution in [-0.2, 0) is 13.2 Å². The van der Waals surface area contributed by atoms with Gasteiger partial charge in [-0.3, -0.25) is 0 Å². The summed E-state index contributed by atoms with van der Waals surface area (Å²) in [6, 6.07) is 4.87. The number of nitrogens with zero attached hydrogens (tertiary/aromatic N) is 4. The van der Waals surface area contributed by atoms with Crippen molar-refractivity contribution in [3.05, 3.63) is 35.2 Å². The lowest BCUT2D eigenvalue weighted by molar-refractivity contribution is 0.0696. The number of tetrazole rings is 1. The number of benzene rings is 1. The van der Waals surface area contributed by atoms with Gasteiger partial charge in [0.15, 0.2) is 5.82 Å². The number of hydrogen-bond donors (Lipinski definition) is 1. The van der Waals surface area contributed by atoms with E-state index in [4.69, 9.17) is 9.84 Å². The van der Waals surface area contributed by atoms with Gasteiger partial charge < -0.3 is 9.84 Å². The number of aromatic nitrogens is 4. The van der Waals surface area contributed by atoms with Gasteiger partial charge in [0, 0.05) is 6.54 Å². The van der Waals surface area contributed by atoms with E-state index in [2.05, 4.69) is 22.4 Å². The Balaban J connectivity index is 2.02. The van der Waals surface area contributed by atoms with Gasteiger partial charge in [0.2, 0.25) is 0 Å². The Kier molecular flexibility index (Phi) is 4.86. The summed E-state index contributed by atoms with van der Waals surface area (Å²) in [7, 11) is 0. The summed E-state index contributed by atoms with van der Waals surface area (Å²) < 4.78 is 7.35. The number of ether oxygens (including phenoxy) is 1. The van der Waals surface area contributed by atoms with Crippen LogP contribution in [0.2, 0.25) is 0 Å². The van der Waals surface area contributed by atoms with E-state index in [1.807, 2.05) is 0 Å². The van der Waals surface area contributed by atoms with Gasteiger partial charge in [-0.05, 0) is 47.5 Å². The van der Waals surface area contributed by atoms with Crippen LogP contribution in [0.5, 0.6) is 5.75 Å². The molecule has 1 N–H and O–H groups in total. The number of aryl methyl sites for hydroxylation is 2. The summed E-state index contributed by atoms with van der Waals surface area (Å²) in [5.74, 6) is 0.313. The molecule has 1 aromatic heterocycles. The lowest BCUT2D eigenvalue weighted by atomic mass is 10.1. The molecule has 1 heterocycles. The van der Waals surface area contributed by atoms with Gasteiger partial charge in [-0.15, -0.1) is 5.10 Å². The first kappa shape index (κ1) is 15.0. The minimum Gasteiger partial charge on any atom is -0.486 e. The molecule has 0 aliphatic heterocycles. The Morgan fingerprint density at radius 3 is 2.90 bits per heavy atom. The number of rotatable bonds is 7. The summed E-state index contributed by atoms with van der Waals surface area (Å²) in [5.41, 5.74) is 0.931. The molecule has 0 radical (unpaired) electrons. The van der Waals surface area contributed by atoms with Crippen LogP contribution in [0.25, 0.3) is 0 Å². The van der Waals surface area contributed by atoms with Gasteiger partial charge in [-0.1, -0.05) is 13.3 Å². The number of carbonyl (C=O) groups is 1. The third kappa shape index (κ3) is 3.77. The highest BCUT2D eigenvalue weighted by Gasteiger charge is 2.10. The fourth-order valence-electron chi connectivity index (χ4n) is 1.92. The fourth-order valence-corrected chi connectivity index (χ4v) is 1.92. The highest BCUT2D eigenvalue weighted by Crippen LogP contribution is 2.18. The van der Waals surface area contributed by atoms with Crippen molar-refractivity contribution in [2.75, 3.05) is 0 Å². The molecule has 0 atom stereocenters. The fraction of sp³-hybridized carbons (Fsp3) is 0.429. The minimum absolute atomic E-state index is 0.253. The van der Waals surface area contributed by atoms with Crippen molar-refractivity contribution < 1.29 is 14.6 Å². The normalized spacial score (nSPS) is 10.6. The Morgan fingerprint density at radius 1 is 1.43 bits per heavy atom. The second-order valence-electron chi connectivity index (χ2n) is 4.74. The van der Waals surface area contributed by atoms with Gasteiger partial charge >= 0.3 is 5.97 Å². The number of aromatic carboxylic acids is 1. The standard InChI is InChI=1S/C14H18N4O3/c1-3-4-7-18-13(15-16-17-18)9-21-11-5-6-12(14(19)20)10(2)8-11/h5-6,8H,3-4,7,9H2,1-2H3,(H,19,20). The maximum absolute atomic E-state index is 11.0. The molecule has 0 amide bonds. The van der Waals surface area contributed by atoms with Crippen LogP contribution in [0.3, 0.4) is 0 Å². The van der Waals surface area contributed by atoms with Crippen molar-refractivity contribution in [3.8, 4) is 5.75 Å². The molecule has 0 aliphatic rings. The molecule has 0 saturated carbocycles. The van der Waals surface area contributed by atoms with Crippen molar-refractivity contribution in [1.82, 2.24) is 20.2 Å². The molecular formula is C14H18N4O3. The molecule has 0 unspecified atom stereocenters. The van der Waals surface area contributed by atoms with Crippen LogP contribution in [-0.4, -0.2) is 31.3 Å². The summed E-state index contributed by atoms with van der Waals surface area (Å²) in [6.07, 6.45) is 2.07. The highest BCUT2D eigenvalue weighted by molar-refractivity contribution is 5.89. The first-order chi connectivity index (χ1) is 10.1. The Labute approximate surface area is 122 Å². The van der Waals surface area contributed by atoms with Crippen LogP contribution in [0.1, 0.15) is 41.5 Å². The van der Waals surface area contributed by atoms with Gasteiger partial charge in [0.05, 0.1) is 5.56 Å². The van der Waals surface area contributed by atoms with Crippen molar-refractivity contribution in [1.29, 1.82) is 0 Å². The van der Waals surface area contributed by atoms with Crippen LogP contribution >= 0.6 is 0 Å². The zero-order valence-corrected chi connectivity index (χ0v) is 12.1. The van der Waals surface area contributed by atoms with Gasteiger partial charge in [-0.25, -0.2) is 9.48 Å². The number of unbranched alkanes of at least 4 members (excludes halogenated alkanes) is 1. The molecule has 112 valence electrons. The molecule has 0 fully saturated rings. The second-order valence-corrected chi connectivity index (χ2v) is 4.74. The van der Waals surface area contributed by atoms with Crippen molar-refractivity contribution in [3.63, 3.8) is 0 Å². The average molecular weight is 290 g/mol. The van der Waals surface area contributed by atoms with Crippen LogP contribution in [0, 0.1) is 6.92 Å².